The fourth-order valence-corrected chi connectivity index (χ4v) is 3.58. The summed E-state index contributed by atoms with van der Waals surface area (Å²) >= 11 is 0. The summed E-state index contributed by atoms with van der Waals surface area (Å²) in [5, 5.41) is 6.46. The monoisotopic (exact) mass is 330 g/mol. The maximum absolute atomic E-state index is 12.1. The minimum atomic E-state index is 0.178. The smallest absolute Gasteiger partial charge is 0.234 e. The number of piperazine rings is 1. The third kappa shape index (κ3) is 5.58. The minimum Gasteiger partial charge on any atom is -0.355 e. The van der Waals surface area contributed by atoms with Gasteiger partial charge in [0.1, 0.15) is 0 Å². The van der Waals surface area contributed by atoms with Crippen molar-refractivity contribution in [2.45, 2.75) is 19.4 Å². The van der Waals surface area contributed by atoms with Crippen LogP contribution in [-0.2, 0) is 11.3 Å². The van der Waals surface area contributed by atoms with Gasteiger partial charge < -0.3 is 10.6 Å². The van der Waals surface area contributed by atoms with Crippen molar-refractivity contribution in [2.75, 3.05) is 52.4 Å². The van der Waals surface area contributed by atoms with Gasteiger partial charge in [0.25, 0.3) is 0 Å². The van der Waals surface area contributed by atoms with E-state index in [4.69, 9.17) is 0 Å². The third-order valence-corrected chi connectivity index (χ3v) is 5.12. The van der Waals surface area contributed by atoms with Gasteiger partial charge in [-0.2, -0.15) is 0 Å². The number of carbonyl (C=O) groups excluding carboxylic acids is 1. The summed E-state index contributed by atoms with van der Waals surface area (Å²) in [6, 6.07) is 10.6. The normalized spacial score (nSPS) is 22.6. The van der Waals surface area contributed by atoms with Crippen molar-refractivity contribution in [2.24, 2.45) is 5.92 Å². The van der Waals surface area contributed by atoms with Crippen LogP contribution in [0.2, 0.25) is 0 Å². The van der Waals surface area contributed by atoms with Crippen molar-refractivity contribution in [1.29, 1.82) is 0 Å². The molecule has 2 heterocycles. The second-order valence-corrected chi connectivity index (χ2v) is 7.04. The van der Waals surface area contributed by atoms with E-state index in [-0.39, 0.29) is 5.91 Å². The molecular formula is C19H30N4O. The highest BCUT2D eigenvalue weighted by atomic mass is 16.2. The van der Waals surface area contributed by atoms with E-state index in [0.29, 0.717) is 6.54 Å². The molecule has 0 aromatic heterocycles. The molecule has 1 unspecified atom stereocenters. The first-order valence-electron chi connectivity index (χ1n) is 9.25. The van der Waals surface area contributed by atoms with E-state index < -0.39 is 0 Å². The van der Waals surface area contributed by atoms with Crippen LogP contribution in [0.3, 0.4) is 0 Å². The van der Waals surface area contributed by atoms with E-state index >= 15 is 0 Å². The van der Waals surface area contributed by atoms with Crippen LogP contribution >= 0.6 is 0 Å². The Kier molecular flexibility index (Phi) is 6.64. The highest BCUT2D eigenvalue weighted by Crippen LogP contribution is 2.11. The number of amides is 1. The lowest BCUT2D eigenvalue weighted by atomic mass is 10.1. The Balaban J connectivity index is 1.29. The fourth-order valence-electron chi connectivity index (χ4n) is 3.58. The molecule has 2 aliphatic rings. The van der Waals surface area contributed by atoms with Gasteiger partial charge in [-0.1, -0.05) is 30.3 Å². The summed E-state index contributed by atoms with van der Waals surface area (Å²) in [5.74, 6) is 0.921. The second-order valence-electron chi connectivity index (χ2n) is 7.04. The van der Waals surface area contributed by atoms with Crippen LogP contribution in [0.5, 0.6) is 0 Å². The molecule has 2 aliphatic heterocycles. The predicted octanol–water partition coefficient (Wildman–Crippen LogP) is 0.920. The largest absolute Gasteiger partial charge is 0.355 e. The molecule has 1 amide bonds. The van der Waals surface area contributed by atoms with E-state index in [1.165, 1.54) is 12.0 Å². The summed E-state index contributed by atoms with van der Waals surface area (Å²) in [6.45, 7) is 8.65. The second kappa shape index (κ2) is 9.16. The molecule has 3 rings (SSSR count). The van der Waals surface area contributed by atoms with Crippen molar-refractivity contribution < 1.29 is 4.79 Å². The average molecular weight is 330 g/mol. The summed E-state index contributed by atoms with van der Waals surface area (Å²) < 4.78 is 0. The van der Waals surface area contributed by atoms with Crippen LogP contribution < -0.4 is 10.6 Å². The Morgan fingerprint density at radius 2 is 1.88 bits per heavy atom. The standard InChI is InChI=1S/C19H30N4O/c24-19(21-9-7-17-6-8-20-14-17)16-23-12-10-22(11-13-23)15-18-4-2-1-3-5-18/h1-5,17,20H,6-16H2,(H,21,24). The fraction of sp³-hybridized carbons (Fsp3) is 0.632. The lowest BCUT2D eigenvalue weighted by Crippen LogP contribution is -2.49. The first-order valence-corrected chi connectivity index (χ1v) is 9.25. The topological polar surface area (TPSA) is 47.6 Å². The highest BCUT2D eigenvalue weighted by Gasteiger charge is 2.19. The summed E-state index contributed by atoms with van der Waals surface area (Å²) in [7, 11) is 0. The molecule has 1 aromatic carbocycles. The summed E-state index contributed by atoms with van der Waals surface area (Å²) in [4.78, 5) is 16.8. The zero-order chi connectivity index (χ0) is 16.6. The van der Waals surface area contributed by atoms with E-state index in [0.717, 1.165) is 64.7 Å². The van der Waals surface area contributed by atoms with Crippen molar-refractivity contribution in [3.8, 4) is 0 Å². The zero-order valence-corrected chi connectivity index (χ0v) is 14.5. The van der Waals surface area contributed by atoms with Gasteiger partial charge in [0, 0.05) is 39.3 Å². The number of hydrogen-bond acceptors (Lipinski definition) is 4. The van der Waals surface area contributed by atoms with E-state index in [2.05, 4.69) is 50.8 Å². The van der Waals surface area contributed by atoms with Gasteiger partial charge >= 0.3 is 0 Å². The Morgan fingerprint density at radius 3 is 2.58 bits per heavy atom. The van der Waals surface area contributed by atoms with Gasteiger partial charge in [0.15, 0.2) is 0 Å². The summed E-state index contributed by atoms with van der Waals surface area (Å²) in [6.07, 6.45) is 2.35. The first kappa shape index (κ1) is 17.4. The van der Waals surface area contributed by atoms with Gasteiger partial charge in [0.05, 0.1) is 6.54 Å². The molecule has 2 fully saturated rings. The van der Waals surface area contributed by atoms with E-state index in [1.54, 1.807) is 0 Å². The molecule has 132 valence electrons. The van der Waals surface area contributed by atoms with Crippen LogP contribution in [0.1, 0.15) is 18.4 Å². The number of nitrogens with one attached hydrogen (secondary N) is 2. The van der Waals surface area contributed by atoms with Crippen LogP contribution in [0.4, 0.5) is 0 Å². The molecule has 0 spiro atoms. The maximum Gasteiger partial charge on any atom is 0.234 e. The molecule has 0 bridgehead atoms. The van der Waals surface area contributed by atoms with Crippen LogP contribution in [0, 0.1) is 5.92 Å². The lowest BCUT2D eigenvalue weighted by molar-refractivity contribution is -0.122. The van der Waals surface area contributed by atoms with E-state index in [1.807, 2.05) is 0 Å². The van der Waals surface area contributed by atoms with Crippen molar-refractivity contribution in [3.63, 3.8) is 0 Å². The molecule has 0 radical (unpaired) electrons. The predicted molar refractivity (Wildman–Crippen MR) is 96.8 cm³/mol. The van der Waals surface area contributed by atoms with Crippen LogP contribution in [0.25, 0.3) is 0 Å². The molecule has 1 atom stereocenters. The zero-order valence-electron chi connectivity index (χ0n) is 14.5. The molecule has 1 aromatic rings. The van der Waals surface area contributed by atoms with Gasteiger partial charge in [-0.05, 0) is 37.4 Å². The first-order chi connectivity index (χ1) is 11.8. The Labute approximate surface area is 145 Å². The number of carbonyl (C=O) groups is 1. The van der Waals surface area contributed by atoms with Gasteiger partial charge in [-0.15, -0.1) is 0 Å². The molecule has 24 heavy (non-hydrogen) atoms. The van der Waals surface area contributed by atoms with Gasteiger partial charge in [0.2, 0.25) is 5.91 Å². The van der Waals surface area contributed by atoms with E-state index in [9.17, 15) is 4.79 Å². The summed E-state index contributed by atoms with van der Waals surface area (Å²) in [5.41, 5.74) is 1.37. The minimum absolute atomic E-state index is 0.178. The number of rotatable bonds is 7. The van der Waals surface area contributed by atoms with Crippen molar-refractivity contribution in [3.05, 3.63) is 35.9 Å². The maximum atomic E-state index is 12.1. The number of hydrogen-bond donors (Lipinski definition) is 2. The molecule has 2 saturated heterocycles. The quantitative estimate of drug-likeness (QED) is 0.781. The molecule has 0 aliphatic carbocycles. The Morgan fingerprint density at radius 1 is 1.12 bits per heavy atom. The molecule has 0 saturated carbocycles. The average Bonchev–Trinajstić information content (AvgIpc) is 3.11. The van der Waals surface area contributed by atoms with Crippen LogP contribution in [0.15, 0.2) is 30.3 Å². The molecule has 5 nitrogen and oxygen atoms in total. The van der Waals surface area contributed by atoms with Crippen LogP contribution in [-0.4, -0.2) is 68.1 Å². The Bertz CT molecular complexity index is 493. The number of nitrogens with zero attached hydrogens (tertiary/aromatic N) is 2. The van der Waals surface area contributed by atoms with Gasteiger partial charge in [-0.25, -0.2) is 0 Å². The Hall–Kier alpha value is -1.43. The van der Waals surface area contributed by atoms with Crippen molar-refractivity contribution in [1.82, 2.24) is 20.4 Å². The third-order valence-electron chi connectivity index (χ3n) is 5.12. The lowest BCUT2D eigenvalue weighted by Gasteiger charge is -2.34. The molecule has 5 heteroatoms. The van der Waals surface area contributed by atoms with Crippen molar-refractivity contribution >= 4 is 5.91 Å². The number of benzene rings is 1. The molecular weight excluding hydrogens is 300 g/mol. The van der Waals surface area contributed by atoms with Gasteiger partial charge in [-0.3, -0.25) is 14.6 Å². The molecule has 2 N–H and O–H groups in total. The SMILES string of the molecule is O=C(CN1CCN(Cc2ccccc2)CC1)NCCC1CCNC1. The highest BCUT2D eigenvalue weighted by molar-refractivity contribution is 5.77.